The molecule has 0 amide bonds. The summed E-state index contributed by atoms with van der Waals surface area (Å²) in [7, 11) is 0. The summed E-state index contributed by atoms with van der Waals surface area (Å²) >= 11 is -1.78. The van der Waals surface area contributed by atoms with E-state index < -0.39 is 18.4 Å². The molecule has 2 atom stereocenters. The van der Waals surface area contributed by atoms with Crippen LogP contribution in [0.4, 0.5) is 0 Å². The molecule has 2 rings (SSSR count). The van der Waals surface area contributed by atoms with Crippen molar-refractivity contribution in [2.75, 3.05) is 13.2 Å². The fourth-order valence-electron chi connectivity index (χ4n) is 3.18. The summed E-state index contributed by atoms with van der Waals surface area (Å²) in [5, 5.41) is 0. The van der Waals surface area contributed by atoms with Crippen LogP contribution in [0.2, 0.25) is 18.8 Å². The molecule has 0 radical (unpaired) electrons. The molecule has 88 valence electrons. The van der Waals surface area contributed by atoms with E-state index >= 15 is 0 Å². The molecule has 1 saturated carbocycles. The van der Waals surface area contributed by atoms with Crippen LogP contribution in [-0.4, -0.2) is 37.9 Å². The van der Waals surface area contributed by atoms with Gasteiger partial charge in [0.1, 0.15) is 0 Å². The van der Waals surface area contributed by atoms with E-state index in [1.807, 2.05) is 0 Å². The summed E-state index contributed by atoms with van der Waals surface area (Å²) in [6, 6.07) is 0. The van der Waals surface area contributed by atoms with Gasteiger partial charge < -0.3 is 0 Å². The third kappa shape index (κ3) is 2.89. The Balaban J connectivity index is 2.05. The second-order valence-corrected chi connectivity index (χ2v) is 21.7. The SMILES string of the molecule is [CH3][Sn]([CH3])([CH3])[C@H]1CCCC[C@@H]1C1OCCO1. The van der Waals surface area contributed by atoms with Crippen molar-refractivity contribution in [2.24, 2.45) is 5.92 Å². The van der Waals surface area contributed by atoms with E-state index in [9.17, 15) is 0 Å². The van der Waals surface area contributed by atoms with Crippen LogP contribution in [0.1, 0.15) is 25.7 Å². The van der Waals surface area contributed by atoms with E-state index in [1.165, 1.54) is 25.7 Å². The summed E-state index contributed by atoms with van der Waals surface area (Å²) in [5.74, 6) is 0.719. The van der Waals surface area contributed by atoms with E-state index in [4.69, 9.17) is 9.47 Å². The van der Waals surface area contributed by atoms with Gasteiger partial charge in [0, 0.05) is 0 Å². The van der Waals surface area contributed by atoms with Crippen LogP contribution >= 0.6 is 0 Å². The molecule has 1 saturated heterocycles. The van der Waals surface area contributed by atoms with E-state index in [1.54, 1.807) is 0 Å². The van der Waals surface area contributed by atoms with Gasteiger partial charge in [-0.05, 0) is 0 Å². The van der Waals surface area contributed by atoms with Gasteiger partial charge in [-0.2, -0.15) is 0 Å². The van der Waals surface area contributed by atoms with Crippen LogP contribution in [0.25, 0.3) is 0 Å². The molecule has 0 aromatic heterocycles. The minimum atomic E-state index is -1.78. The standard InChI is InChI=1S/C9H15O2.3CH3.Sn/c1-2-4-8(5-3-1)9-10-6-7-11-9;;;;/h4,8-9H,1-3,5-7H2;3*1H3;/t8-;;;;/m1..../s1. The minimum absolute atomic E-state index is 0.145. The monoisotopic (exact) mass is 320 g/mol. The zero-order valence-corrected chi connectivity index (χ0v) is 13.1. The van der Waals surface area contributed by atoms with Crippen molar-refractivity contribution in [3.05, 3.63) is 0 Å². The van der Waals surface area contributed by atoms with Crippen LogP contribution in [0.5, 0.6) is 0 Å². The molecule has 2 fully saturated rings. The van der Waals surface area contributed by atoms with Gasteiger partial charge in [0.15, 0.2) is 0 Å². The Morgan fingerprint density at radius 3 is 2.13 bits per heavy atom. The van der Waals surface area contributed by atoms with Gasteiger partial charge in [-0.25, -0.2) is 0 Å². The first-order valence-corrected chi connectivity index (χ1v) is 16.5. The Morgan fingerprint density at radius 1 is 0.933 bits per heavy atom. The molecular weight excluding hydrogens is 295 g/mol. The van der Waals surface area contributed by atoms with E-state index in [-0.39, 0.29) is 6.29 Å². The molecule has 3 heteroatoms. The molecule has 0 N–H and O–H groups in total. The predicted molar refractivity (Wildman–Crippen MR) is 64.7 cm³/mol. The Labute approximate surface area is 97.6 Å². The molecular formula is C12H24O2Sn. The summed E-state index contributed by atoms with van der Waals surface area (Å²) < 4.78 is 12.4. The van der Waals surface area contributed by atoms with Crippen molar-refractivity contribution >= 4 is 18.4 Å². The second-order valence-electron chi connectivity index (χ2n) is 6.03. The first-order valence-electron chi connectivity index (χ1n) is 6.32. The van der Waals surface area contributed by atoms with Gasteiger partial charge in [0.2, 0.25) is 0 Å². The molecule has 1 aliphatic heterocycles. The number of ether oxygens (including phenoxy) is 2. The number of hydrogen-bond donors (Lipinski definition) is 0. The van der Waals surface area contributed by atoms with Crippen molar-refractivity contribution in [3.8, 4) is 0 Å². The van der Waals surface area contributed by atoms with Gasteiger partial charge in [-0.3, -0.25) is 0 Å². The first-order chi connectivity index (χ1) is 7.09. The first kappa shape index (κ1) is 12.2. The topological polar surface area (TPSA) is 18.5 Å². The molecule has 0 aromatic rings. The van der Waals surface area contributed by atoms with Crippen molar-refractivity contribution in [2.45, 2.75) is 50.7 Å². The number of rotatable bonds is 2. The fraction of sp³-hybridized carbons (Fsp3) is 1.00. The number of hydrogen-bond acceptors (Lipinski definition) is 2. The van der Waals surface area contributed by atoms with Gasteiger partial charge in [0.25, 0.3) is 0 Å². The van der Waals surface area contributed by atoms with Gasteiger partial charge in [-0.1, -0.05) is 0 Å². The normalized spacial score (nSPS) is 34.6. The van der Waals surface area contributed by atoms with Crippen molar-refractivity contribution < 1.29 is 9.47 Å². The summed E-state index contributed by atoms with van der Waals surface area (Å²) in [4.78, 5) is 7.69. The fourth-order valence-corrected chi connectivity index (χ4v) is 10.8. The quantitative estimate of drug-likeness (QED) is 0.728. The molecule has 1 heterocycles. The third-order valence-electron chi connectivity index (χ3n) is 3.93. The van der Waals surface area contributed by atoms with Crippen LogP contribution in [0.3, 0.4) is 0 Å². The molecule has 0 spiro atoms. The zero-order chi connectivity index (χ0) is 10.9. The molecule has 15 heavy (non-hydrogen) atoms. The van der Waals surface area contributed by atoms with Crippen LogP contribution < -0.4 is 0 Å². The maximum absolute atomic E-state index is 5.73. The van der Waals surface area contributed by atoms with Gasteiger partial charge in [0.05, 0.1) is 0 Å². The summed E-state index contributed by atoms with van der Waals surface area (Å²) in [6.45, 7) is 1.63. The zero-order valence-electron chi connectivity index (χ0n) is 10.3. The average molecular weight is 319 g/mol. The molecule has 1 aliphatic carbocycles. The van der Waals surface area contributed by atoms with Crippen molar-refractivity contribution in [3.63, 3.8) is 0 Å². The maximum atomic E-state index is 5.73. The summed E-state index contributed by atoms with van der Waals surface area (Å²) in [5.41, 5.74) is 0. The van der Waals surface area contributed by atoms with E-state index in [2.05, 4.69) is 14.8 Å². The van der Waals surface area contributed by atoms with Crippen LogP contribution in [-0.2, 0) is 9.47 Å². The third-order valence-corrected chi connectivity index (χ3v) is 12.3. The van der Waals surface area contributed by atoms with Crippen LogP contribution in [0, 0.1) is 5.92 Å². The Kier molecular flexibility index (Phi) is 4.00. The second kappa shape index (κ2) is 4.92. The Morgan fingerprint density at radius 2 is 1.53 bits per heavy atom. The van der Waals surface area contributed by atoms with Gasteiger partial charge in [-0.15, -0.1) is 0 Å². The molecule has 0 aromatic carbocycles. The predicted octanol–water partition coefficient (Wildman–Crippen LogP) is 3.26. The Hall–Kier alpha value is 0.719. The molecule has 2 nitrogen and oxygen atoms in total. The van der Waals surface area contributed by atoms with E-state index in [0.717, 1.165) is 23.1 Å². The van der Waals surface area contributed by atoms with Crippen molar-refractivity contribution in [1.82, 2.24) is 0 Å². The summed E-state index contributed by atoms with van der Waals surface area (Å²) in [6.07, 6.45) is 5.73. The van der Waals surface area contributed by atoms with Gasteiger partial charge >= 0.3 is 97.7 Å². The van der Waals surface area contributed by atoms with E-state index in [0.29, 0.717) is 0 Å². The molecule has 2 aliphatic rings. The van der Waals surface area contributed by atoms with Crippen LogP contribution in [0.15, 0.2) is 0 Å². The molecule has 0 unspecified atom stereocenters. The molecule has 0 bridgehead atoms. The van der Waals surface area contributed by atoms with Crippen molar-refractivity contribution in [1.29, 1.82) is 0 Å². The average Bonchev–Trinajstić information content (AvgIpc) is 2.69. The Bertz CT molecular complexity index is 206.